The van der Waals surface area contributed by atoms with Gasteiger partial charge in [0.25, 0.3) is 11.8 Å². The van der Waals surface area contributed by atoms with Gasteiger partial charge in [-0.2, -0.15) is 0 Å². The van der Waals surface area contributed by atoms with Gasteiger partial charge in [0, 0.05) is 56.3 Å². The molecule has 0 saturated carbocycles. The molecule has 3 amide bonds. The van der Waals surface area contributed by atoms with Crippen LogP contribution in [0.5, 0.6) is 5.75 Å². The van der Waals surface area contributed by atoms with E-state index in [9.17, 15) is 32.5 Å². The number of rotatable bonds is 9. The van der Waals surface area contributed by atoms with E-state index >= 15 is 0 Å². The number of hydrogen-bond acceptors (Lipinski definition) is 10. The quantitative estimate of drug-likeness (QED) is 0.257. The van der Waals surface area contributed by atoms with E-state index in [-0.39, 0.29) is 50.0 Å². The summed E-state index contributed by atoms with van der Waals surface area (Å²) in [5.41, 5.74) is -1.12. The maximum absolute atomic E-state index is 14.2. The maximum Gasteiger partial charge on any atom is 0.469 e. The summed E-state index contributed by atoms with van der Waals surface area (Å²) in [7, 11) is -4.76. The van der Waals surface area contributed by atoms with Crippen LogP contribution < -0.4 is 15.5 Å². The van der Waals surface area contributed by atoms with E-state index in [0.29, 0.717) is 24.6 Å². The van der Waals surface area contributed by atoms with Gasteiger partial charge in [0.15, 0.2) is 5.69 Å². The Hall–Kier alpha value is -4.38. The molecular weight excluding hydrogens is 663 g/mol. The summed E-state index contributed by atoms with van der Waals surface area (Å²) in [5.74, 6) is -3.79. The Bertz CT molecular complexity index is 1730. The highest BCUT2D eigenvalue weighted by Gasteiger charge is 2.39. The highest BCUT2D eigenvalue weighted by molar-refractivity contribution is 7.46. The lowest BCUT2D eigenvalue weighted by molar-refractivity contribution is -0.00818. The topological polar surface area (TPSA) is 199 Å². The largest absolute Gasteiger partial charge is 0.469 e. The van der Waals surface area contributed by atoms with Gasteiger partial charge in [-0.15, -0.1) is 0 Å². The van der Waals surface area contributed by atoms with E-state index in [4.69, 9.17) is 24.1 Å². The monoisotopic (exact) mass is 697 g/mol. The van der Waals surface area contributed by atoms with Gasteiger partial charge in [-0.25, -0.2) is 18.1 Å². The van der Waals surface area contributed by atoms with Gasteiger partial charge in [-0.05, 0) is 26.3 Å². The number of pyridine rings is 1. The molecule has 4 heterocycles. The van der Waals surface area contributed by atoms with E-state index in [0.717, 1.165) is 17.0 Å². The van der Waals surface area contributed by atoms with Crippen LogP contribution in [0.15, 0.2) is 34.3 Å². The Kier molecular flexibility index (Phi) is 10.5. The number of ether oxygens (including phenoxy) is 2. The molecule has 1 fully saturated rings. The maximum atomic E-state index is 14.2. The molecule has 2 aromatic rings. The first-order chi connectivity index (χ1) is 22.7. The molecule has 1 aromatic carbocycles. The number of hydrogen-bond donors (Lipinski definition) is 3. The summed E-state index contributed by atoms with van der Waals surface area (Å²) in [6.45, 7) is 2.48. The van der Waals surface area contributed by atoms with Crippen molar-refractivity contribution in [3.8, 4) is 5.75 Å². The first-order valence-corrected chi connectivity index (χ1v) is 16.5. The molecule has 19 heteroatoms. The number of amides is 3. The fraction of sp³-hybridized carbons (Fsp3) is 0.483. The summed E-state index contributed by atoms with van der Waals surface area (Å²) in [6, 6.07) is 1.27. The molecule has 260 valence electrons. The number of nitrogens with zero attached hydrogens (tertiary/aromatic N) is 4. The Morgan fingerprint density at radius 1 is 1.21 bits per heavy atom. The zero-order valence-electron chi connectivity index (χ0n) is 26.0. The second-order valence-corrected chi connectivity index (χ2v) is 12.8. The number of aromatic nitrogens is 1. The smallest absolute Gasteiger partial charge is 0.451 e. The molecule has 3 aliphatic heterocycles. The number of nitrogens with one attached hydrogen (secondary N) is 1. The van der Waals surface area contributed by atoms with Crippen molar-refractivity contribution in [1.82, 2.24) is 19.7 Å². The summed E-state index contributed by atoms with van der Waals surface area (Å²) in [6.07, 6.45) is 1.36. The fourth-order valence-electron chi connectivity index (χ4n) is 5.59. The van der Waals surface area contributed by atoms with Crippen molar-refractivity contribution in [1.29, 1.82) is 0 Å². The van der Waals surface area contributed by atoms with Gasteiger partial charge in [-0.3, -0.25) is 18.9 Å². The van der Waals surface area contributed by atoms with E-state index in [1.807, 2.05) is 6.92 Å². The molecule has 5 rings (SSSR count). The van der Waals surface area contributed by atoms with Gasteiger partial charge in [0.05, 0.1) is 24.4 Å². The number of oxime groups is 1. The van der Waals surface area contributed by atoms with Gasteiger partial charge >= 0.3 is 13.9 Å². The van der Waals surface area contributed by atoms with Gasteiger partial charge in [-0.1, -0.05) is 11.2 Å². The van der Waals surface area contributed by atoms with Crippen LogP contribution in [0.2, 0.25) is 0 Å². The molecule has 16 nitrogen and oxygen atoms in total. The van der Waals surface area contributed by atoms with Crippen LogP contribution in [0, 0.1) is 11.6 Å². The van der Waals surface area contributed by atoms with Gasteiger partial charge in [0.2, 0.25) is 18.0 Å². The summed E-state index contributed by atoms with van der Waals surface area (Å²) in [5, 5.41) is 6.55. The highest BCUT2D eigenvalue weighted by Crippen LogP contribution is 2.37. The third-order valence-electron chi connectivity index (χ3n) is 8.27. The van der Waals surface area contributed by atoms with Crippen molar-refractivity contribution in [2.75, 3.05) is 33.1 Å². The molecule has 1 aromatic heterocycles. The Labute approximate surface area is 272 Å². The lowest BCUT2D eigenvalue weighted by Crippen LogP contribution is -2.53. The summed E-state index contributed by atoms with van der Waals surface area (Å²) < 4.78 is 55.4. The number of carbonyl (C=O) groups is 3. The first-order valence-electron chi connectivity index (χ1n) is 15.0. The first kappa shape index (κ1) is 34.9. The lowest BCUT2D eigenvalue weighted by Gasteiger charge is -2.40. The number of fused-ring (bicyclic) bond motifs is 4. The third-order valence-corrected chi connectivity index (χ3v) is 8.75. The van der Waals surface area contributed by atoms with Crippen LogP contribution >= 0.6 is 7.82 Å². The van der Waals surface area contributed by atoms with Crippen LogP contribution in [0.1, 0.15) is 65.6 Å². The van der Waals surface area contributed by atoms with Gasteiger partial charge in [0.1, 0.15) is 23.8 Å². The Morgan fingerprint density at radius 3 is 2.67 bits per heavy atom. The predicted octanol–water partition coefficient (Wildman–Crippen LogP) is 2.28. The zero-order chi connectivity index (χ0) is 34.7. The molecule has 48 heavy (non-hydrogen) atoms. The van der Waals surface area contributed by atoms with Crippen LogP contribution in [0.4, 0.5) is 13.6 Å². The van der Waals surface area contributed by atoms with Crippen LogP contribution in [-0.4, -0.2) is 93.0 Å². The van der Waals surface area contributed by atoms with Crippen molar-refractivity contribution in [2.45, 2.75) is 57.8 Å². The van der Waals surface area contributed by atoms with E-state index in [1.165, 1.54) is 10.8 Å². The molecular formula is C29H34F2N5O11P. The molecule has 3 aliphatic rings. The second kappa shape index (κ2) is 14.4. The average Bonchev–Trinajstić information content (AvgIpc) is 2.99. The molecule has 0 radical (unpaired) electrons. The number of halogens is 2. The second-order valence-electron chi connectivity index (χ2n) is 11.6. The number of phosphoric ester groups is 1. The highest BCUT2D eigenvalue weighted by atomic mass is 31.2. The number of likely N-dealkylation sites (tertiary alicyclic amines) is 1. The molecule has 3 N–H and O–H groups in total. The minimum absolute atomic E-state index is 0.0410. The van der Waals surface area contributed by atoms with Crippen molar-refractivity contribution in [3.63, 3.8) is 0 Å². The van der Waals surface area contributed by atoms with Crippen molar-refractivity contribution in [3.05, 3.63) is 63.1 Å². The summed E-state index contributed by atoms with van der Waals surface area (Å²) in [4.78, 5) is 79.8. The van der Waals surface area contributed by atoms with E-state index in [1.54, 1.807) is 11.8 Å². The van der Waals surface area contributed by atoms with Crippen molar-refractivity contribution < 1.29 is 56.4 Å². The molecule has 0 unspecified atom stereocenters. The number of carbonyl (C=O) groups excluding carboxylic acids is 3. The van der Waals surface area contributed by atoms with Crippen molar-refractivity contribution in [2.24, 2.45) is 5.16 Å². The Balaban J connectivity index is 1.45. The summed E-state index contributed by atoms with van der Waals surface area (Å²) >= 11 is 0. The van der Waals surface area contributed by atoms with E-state index in [2.05, 4.69) is 15.0 Å². The van der Waals surface area contributed by atoms with Crippen LogP contribution in [0.25, 0.3) is 0 Å². The van der Waals surface area contributed by atoms with Crippen LogP contribution in [0.3, 0.4) is 0 Å². The lowest BCUT2D eigenvalue weighted by atomic mass is 10.0. The van der Waals surface area contributed by atoms with Crippen molar-refractivity contribution >= 4 is 31.4 Å². The minimum Gasteiger partial charge on any atom is -0.451 e. The minimum atomic E-state index is -4.76. The standard InChI is InChI=1S/C29H34F2N5O11P/c1-16-9-21-12-35(17(2)6-8-46-33-16)28(39)24-26(44-15-45-29(40)34-7-5-20(34)14-47-48(41,42)43)25(37)22(13-36(21)24)27(38)32-11-18-3-4-19(30)10-23(18)31/h3-4,10,13,17,20-21H,5-9,11-12,14-15H2,1-2H3,(H,32,38)(H2,41,42,43)/b33-16-/t17-,20-,21-/m0/s1. The fourth-order valence-corrected chi connectivity index (χ4v) is 5.95. The molecule has 3 atom stereocenters. The van der Waals surface area contributed by atoms with Crippen LogP contribution in [-0.2, 0) is 25.2 Å². The number of benzene rings is 1. The molecule has 0 spiro atoms. The molecule has 1 saturated heterocycles. The SMILES string of the molecule is C/C1=N/OCC[C@H](C)N2C[C@H](C1)n1cc(C(=O)NCc3ccc(F)cc3F)c(=O)c(OCOC(=O)N3CC[C@H]3COP(=O)(O)O)c1C2=O. The molecule has 2 bridgehead atoms. The number of phosphoric acid groups is 1. The zero-order valence-corrected chi connectivity index (χ0v) is 26.9. The van der Waals surface area contributed by atoms with E-state index < -0.39 is 79.6 Å². The average molecular weight is 698 g/mol. The third kappa shape index (κ3) is 7.84. The predicted molar refractivity (Wildman–Crippen MR) is 161 cm³/mol. The Morgan fingerprint density at radius 2 is 1.98 bits per heavy atom. The molecule has 0 aliphatic carbocycles. The normalized spacial score (nSPS) is 22.0. The van der Waals surface area contributed by atoms with Gasteiger partial charge < -0.3 is 43.8 Å².